The lowest BCUT2D eigenvalue weighted by molar-refractivity contribution is 0.387. The fourth-order valence-corrected chi connectivity index (χ4v) is 1.71. The zero-order valence-electron chi connectivity index (χ0n) is 9.87. The second-order valence-corrected chi connectivity index (χ2v) is 3.98. The number of benzene rings is 1. The molecule has 0 bridgehead atoms. The lowest BCUT2D eigenvalue weighted by Crippen LogP contribution is -1.98. The molecule has 0 fully saturated rings. The van der Waals surface area contributed by atoms with Gasteiger partial charge in [-0.3, -0.25) is 0 Å². The smallest absolute Gasteiger partial charge is 0.224 e. The van der Waals surface area contributed by atoms with Crippen LogP contribution in [0.2, 0.25) is 5.28 Å². The second-order valence-electron chi connectivity index (χ2n) is 3.64. The van der Waals surface area contributed by atoms with Crippen LogP contribution < -0.4 is 10.1 Å². The van der Waals surface area contributed by atoms with Crippen molar-refractivity contribution in [2.75, 3.05) is 12.4 Å². The monoisotopic (exact) mass is 267 g/mol. The maximum atomic E-state index is 13.2. The molecule has 0 aliphatic carbocycles. The van der Waals surface area contributed by atoms with E-state index in [0.717, 1.165) is 5.69 Å². The molecule has 2 rings (SSSR count). The quantitative estimate of drug-likeness (QED) is 0.867. The lowest BCUT2D eigenvalue weighted by atomic mass is 10.3. The fourth-order valence-electron chi connectivity index (χ4n) is 1.48. The maximum Gasteiger partial charge on any atom is 0.224 e. The van der Waals surface area contributed by atoms with Crippen LogP contribution in [-0.4, -0.2) is 17.1 Å². The van der Waals surface area contributed by atoms with Gasteiger partial charge in [0.2, 0.25) is 5.28 Å². The van der Waals surface area contributed by atoms with Crippen LogP contribution in [0.3, 0.4) is 0 Å². The van der Waals surface area contributed by atoms with Gasteiger partial charge in [0.25, 0.3) is 0 Å². The minimum Gasteiger partial charge on any atom is -0.494 e. The van der Waals surface area contributed by atoms with Crippen molar-refractivity contribution in [1.82, 2.24) is 9.97 Å². The van der Waals surface area contributed by atoms with Crippen LogP contribution in [-0.2, 0) is 0 Å². The summed E-state index contributed by atoms with van der Waals surface area (Å²) in [6.45, 7) is 1.81. The molecule has 2 aromatic rings. The number of ether oxygens (including phenoxy) is 1. The summed E-state index contributed by atoms with van der Waals surface area (Å²) in [7, 11) is 1.41. The summed E-state index contributed by atoms with van der Waals surface area (Å²) >= 11 is 5.75. The predicted octanol–water partition coefficient (Wildman–Crippen LogP) is 3.33. The molecule has 0 amide bonds. The average Bonchev–Trinajstić information content (AvgIpc) is 2.30. The molecular weight excluding hydrogens is 257 g/mol. The van der Waals surface area contributed by atoms with Crippen LogP contribution in [0.1, 0.15) is 5.69 Å². The van der Waals surface area contributed by atoms with Crippen LogP contribution in [0.5, 0.6) is 5.75 Å². The van der Waals surface area contributed by atoms with Gasteiger partial charge < -0.3 is 10.1 Å². The summed E-state index contributed by atoms with van der Waals surface area (Å²) in [4.78, 5) is 7.97. The molecule has 6 heteroatoms. The molecule has 4 nitrogen and oxygen atoms in total. The van der Waals surface area contributed by atoms with E-state index in [1.54, 1.807) is 18.2 Å². The number of rotatable bonds is 3. The van der Waals surface area contributed by atoms with E-state index in [1.807, 2.05) is 6.92 Å². The van der Waals surface area contributed by atoms with Crippen molar-refractivity contribution in [2.24, 2.45) is 0 Å². The molecule has 94 valence electrons. The number of aromatic nitrogens is 2. The van der Waals surface area contributed by atoms with Crippen LogP contribution in [0, 0.1) is 12.7 Å². The number of anilines is 2. The van der Waals surface area contributed by atoms with Crippen molar-refractivity contribution in [3.8, 4) is 5.75 Å². The highest BCUT2D eigenvalue weighted by Gasteiger charge is 2.05. The molecule has 0 spiro atoms. The lowest BCUT2D eigenvalue weighted by Gasteiger charge is -2.08. The summed E-state index contributed by atoms with van der Waals surface area (Å²) in [5.41, 5.74) is 1.40. The molecule has 0 saturated heterocycles. The van der Waals surface area contributed by atoms with E-state index in [2.05, 4.69) is 15.3 Å². The number of aryl methyl sites for hydroxylation is 1. The Morgan fingerprint density at radius 3 is 2.72 bits per heavy atom. The van der Waals surface area contributed by atoms with Gasteiger partial charge in [-0.25, -0.2) is 14.4 Å². The molecule has 18 heavy (non-hydrogen) atoms. The normalized spacial score (nSPS) is 10.2. The van der Waals surface area contributed by atoms with Gasteiger partial charge in [0, 0.05) is 23.5 Å². The summed E-state index contributed by atoms with van der Waals surface area (Å²) in [5, 5.41) is 3.16. The first-order chi connectivity index (χ1) is 8.58. The third kappa shape index (κ3) is 2.87. The average molecular weight is 268 g/mol. The van der Waals surface area contributed by atoms with Crippen LogP contribution in [0.25, 0.3) is 0 Å². The standard InChI is InChI=1S/C12H11ClFN3O/c1-7-5-11(17-12(13)15-7)16-8-3-4-9(14)10(6-8)18-2/h3-6H,1-2H3,(H,15,16,17). The van der Waals surface area contributed by atoms with E-state index in [9.17, 15) is 4.39 Å². The van der Waals surface area contributed by atoms with Crippen molar-refractivity contribution in [1.29, 1.82) is 0 Å². The van der Waals surface area contributed by atoms with E-state index in [4.69, 9.17) is 16.3 Å². The summed E-state index contributed by atoms with van der Waals surface area (Å²) in [6.07, 6.45) is 0. The fraction of sp³-hybridized carbons (Fsp3) is 0.167. The van der Waals surface area contributed by atoms with E-state index < -0.39 is 5.82 Å². The molecule has 0 aliphatic rings. The third-order valence-corrected chi connectivity index (χ3v) is 2.42. The van der Waals surface area contributed by atoms with E-state index in [0.29, 0.717) is 11.5 Å². The molecule has 0 unspecified atom stereocenters. The number of nitrogens with one attached hydrogen (secondary N) is 1. The van der Waals surface area contributed by atoms with Gasteiger partial charge in [-0.1, -0.05) is 0 Å². The Morgan fingerprint density at radius 1 is 1.28 bits per heavy atom. The minimum atomic E-state index is -0.417. The second kappa shape index (κ2) is 5.18. The van der Waals surface area contributed by atoms with Gasteiger partial charge in [-0.2, -0.15) is 0 Å². The highest BCUT2D eigenvalue weighted by molar-refractivity contribution is 6.28. The molecule has 0 aliphatic heterocycles. The SMILES string of the molecule is COc1cc(Nc2cc(C)nc(Cl)n2)ccc1F. The first-order valence-electron chi connectivity index (χ1n) is 5.20. The van der Waals surface area contributed by atoms with Gasteiger partial charge >= 0.3 is 0 Å². The molecule has 1 N–H and O–H groups in total. The first-order valence-corrected chi connectivity index (χ1v) is 5.58. The Hall–Kier alpha value is -1.88. The van der Waals surface area contributed by atoms with Crippen molar-refractivity contribution in [3.05, 3.63) is 41.1 Å². The van der Waals surface area contributed by atoms with Gasteiger partial charge in [-0.15, -0.1) is 0 Å². The summed E-state index contributed by atoms with van der Waals surface area (Å²) in [6, 6.07) is 6.18. The highest BCUT2D eigenvalue weighted by Crippen LogP contribution is 2.24. The van der Waals surface area contributed by atoms with Crippen molar-refractivity contribution >= 4 is 23.1 Å². The van der Waals surface area contributed by atoms with Crippen molar-refractivity contribution in [2.45, 2.75) is 6.92 Å². The number of hydrogen-bond donors (Lipinski definition) is 1. The van der Waals surface area contributed by atoms with E-state index in [-0.39, 0.29) is 11.0 Å². The Balaban J connectivity index is 2.28. The number of nitrogens with zero attached hydrogens (tertiary/aromatic N) is 2. The Bertz CT molecular complexity index is 557. The largest absolute Gasteiger partial charge is 0.494 e. The molecule has 0 saturated carbocycles. The maximum absolute atomic E-state index is 13.2. The van der Waals surface area contributed by atoms with E-state index in [1.165, 1.54) is 13.2 Å². The molecular formula is C12H11ClFN3O. The predicted molar refractivity (Wildman–Crippen MR) is 68.0 cm³/mol. The summed E-state index contributed by atoms with van der Waals surface area (Å²) in [5.74, 6) is 0.290. The third-order valence-electron chi connectivity index (χ3n) is 2.25. The molecule has 1 aromatic heterocycles. The van der Waals surface area contributed by atoms with Gasteiger partial charge in [0.15, 0.2) is 11.6 Å². The Labute approximate surface area is 109 Å². The van der Waals surface area contributed by atoms with Gasteiger partial charge in [0.1, 0.15) is 5.82 Å². The molecule has 0 radical (unpaired) electrons. The molecule has 1 heterocycles. The molecule has 0 atom stereocenters. The molecule has 1 aromatic carbocycles. The highest BCUT2D eigenvalue weighted by atomic mass is 35.5. The number of methoxy groups -OCH3 is 1. The van der Waals surface area contributed by atoms with Crippen LogP contribution in [0.15, 0.2) is 24.3 Å². The number of halogens is 2. The van der Waals surface area contributed by atoms with Crippen LogP contribution >= 0.6 is 11.6 Å². The Kier molecular flexibility index (Phi) is 3.62. The zero-order chi connectivity index (χ0) is 13.1. The Morgan fingerprint density at radius 2 is 2.06 bits per heavy atom. The topological polar surface area (TPSA) is 47.0 Å². The van der Waals surface area contributed by atoms with Gasteiger partial charge in [0.05, 0.1) is 7.11 Å². The van der Waals surface area contributed by atoms with Crippen LogP contribution in [0.4, 0.5) is 15.9 Å². The number of hydrogen-bond acceptors (Lipinski definition) is 4. The first kappa shape index (κ1) is 12.6. The zero-order valence-corrected chi connectivity index (χ0v) is 10.6. The van der Waals surface area contributed by atoms with Crippen molar-refractivity contribution in [3.63, 3.8) is 0 Å². The summed E-state index contributed by atoms with van der Waals surface area (Å²) < 4.78 is 18.1. The van der Waals surface area contributed by atoms with Gasteiger partial charge in [-0.05, 0) is 30.7 Å². The van der Waals surface area contributed by atoms with E-state index >= 15 is 0 Å². The van der Waals surface area contributed by atoms with Crippen molar-refractivity contribution < 1.29 is 9.13 Å². The minimum absolute atomic E-state index is 0.159.